The largest absolute Gasteiger partial charge is 0.550 e. The van der Waals surface area contributed by atoms with Gasteiger partial charge >= 0.3 is 0 Å². The first-order chi connectivity index (χ1) is 12.6. The molecule has 0 spiro atoms. The van der Waals surface area contributed by atoms with Gasteiger partial charge in [-0.3, -0.25) is 4.57 Å². The van der Waals surface area contributed by atoms with Gasteiger partial charge in [-0.05, 0) is 43.2 Å². The smallest absolute Gasteiger partial charge is 0.195 e. The van der Waals surface area contributed by atoms with Crippen LogP contribution in [0.5, 0.6) is 5.75 Å². The average Bonchev–Trinajstić information content (AvgIpc) is 3.03. The van der Waals surface area contributed by atoms with E-state index in [0.717, 1.165) is 17.0 Å². The SMILES string of the molecule is Cc1cccc(OCc2nnc(SCCC(=O)[O-])n2-c2ccccc2)c1. The Kier molecular flexibility index (Phi) is 5.91. The van der Waals surface area contributed by atoms with Crippen LogP contribution < -0.4 is 9.84 Å². The van der Waals surface area contributed by atoms with Gasteiger partial charge < -0.3 is 14.6 Å². The molecule has 0 aliphatic rings. The number of aliphatic carboxylic acids is 1. The number of carboxylic acid groups (broad SMARTS) is 1. The highest BCUT2D eigenvalue weighted by Crippen LogP contribution is 2.23. The molecule has 134 valence electrons. The molecule has 26 heavy (non-hydrogen) atoms. The lowest BCUT2D eigenvalue weighted by Gasteiger charge is -2.11. The van der Waals surface area contributed by atoms with Crippen molar-refractivity contribution >= 4 is 17.7 Å². The van der Waals surface area contributed by atoms with Gasteiger partial charge in [0.05, 0.1) is 0 Å². The first-order valence-corrected chi connectivity index (χ1v) is 9.14. The summed E-state index contributed by atoms with van der Waals surface area (Å²) in [5, 5.41) is 19.7. The molecule has 0 amide bonds. The zero-order valence-electron chi connectivity index (χ0n) is 14.3. The lowest BCUT2D eigenvalue weighted by Crippen LogP contribution is -2.22. The fourth-order valence-corrected chi connectivity index (χ4v) is 3.29. The zero-order valence-corrected chi connectivity index (χ0v) is 15.1. The molecule has 1 heterocycles. The number of aromatic nitrogens is 3. The Morgan fingerprint density at radius 2 is 1.96 bits per heavy atom. The number of carboxylic acids is 1. The number of nitrogens with zero attached hydrogens (tertiary/aromatic N) is 3. The molecule has 6 nitrogen and oxygen atoms in total. The number of aryl methyl sites for hydroxylation is 1. The summed E-state index contributed by atoms with van der Waals surface area (Å²) in [5.74, 6) is 0.699. The van der Waals surface area contributed by atoms with E-state index in [0.29, 0.717) is 16.7 Å². The Labute approximate surface area is 155 Å². The van der Waals surface area contributed by atoms with Gasteiger partial charge in [0, 0.05) is 17.4 Å². The number of hydrogen-bond acceptors (Lipinski definition) is 6. The molecule has 1 aromatic heterocycles. The topological polar surface area (TPSA) is 80.1 Å². The lowest BCUT2D eigenvalue weighted by molar-refractivity contribution is -0.305. The van der Waals surface area contributed by atoms with Crippen LogP contribution in [0.2, 0.25) is 0 Å². The highest BCUT2D eigenvalue weighted by molar-refractivity contribution is 7.99. The zero-order chi connectivity index (χ0) is 18.4. The first-order valence-electron chi connectivity index (χ1n) is 8.15. The molecule has 0 saturated carbocycles. The highest BCUT2D eigenvalue weighted by Gasteiger charge is 2.15. The van der Waals surface area contributed by atoms with Gasteiger partial charge in [0.2, 0.25) is 0 Å². The maximum Gasteiger partial charge on any atom is 0.195 e. The molecule has 0 N–H and O–H groups in total. The minimum Gasteiger partial charge on any atom is -0.550 e. The van der Waals surface area contributed by atoms with Gasteiger partial charge in [-0.2, -0.15) is 0 Å². The van der Waals surface area contributed by atoms with Crippen molar-refractivity contribution < 1.29 is 14.6 Å². The van der Waals surface area contributed by atoms with Gasteiger partial charge in [0.25, 0.3) is 0 Å². The van der Waals surface area contributed by atoms with Crippen LogP contribution in [0.15, 0.2) is 59.8 Å². The number of rotatable bonds is 8. The van der Waals surface area contributed by atoms with E-state index in [1.54, 1.807) is 0 Å². The summed E-state index contributed by atoms with van der Waals surface area (Å²) >= 11 is 1.33. The molecule has 3 aromatic rings. The third-order valence-corrected chi connectivity index (χ3v) is 4.54. The van der Waals surface area contributed by atoms with Gasteiger partial charge in [-0.25, -0.2) is 0 Å². The predicted octanol–water partition coefficient (Wildman–Crippen LogP) is 2.39. The summed E-state index contributed by atoms with van der Waals surface area (Å²) in [6.45, 7) is 2.26. The number of thioether (sulfide) groups is 1. The van der Waals surface area contributed by atoms with Crippen LogP contribution in [0.25, 0.3) is 5.69 Å². The molecule has 0 fully saturated rings. The summed E-state index contributed by atoms with van der Waals surface area (Å²) in [7, 11) is 0. The van der Waals surface area contributed by atoms with Crippen molar-refractivity contribution in [2.75, 3.05) is 5.75 Å². The summed E-state index contributed by atoms with van der Waals surface area (Å²) in [6.07, 6.45) is -0.0402. The maximum absolute atomic E-state index is 10.6. The van der Waals surface area contributed by atoms with Gasteiger partial charge in [0.15, 0.2) is 11.0 Å². The van der Waals surface area contributed by atoms with Crippen molar-refractivity contribution in [2.45, 2.75) is 25.1 Å². The van der Waals surface area contributed by atoms with Crippen LogP contribution in [0.4, 0.5) is 0 Å². The second-order valence-electron chi connectivity index (χ2n) is 5.65. The van der Waals surface area contributed by atoms with E-state index in [9.17, 15) is 9.90 Å². The van der Waals surface area contributed by atoms with Crippen molar-refractivity contribution in [1.29, 1.82) is 0 Å². The second kappa shape index (κ2) is 8.53. The van der Waals surface area contributed by atoms with Crippen LogP contribution in [-0.2, 0) is 11.4 Å². The van der Waals surface area contributed by atoms with Crippen molar-refractivity contribution in [3.63, 3.8) is 0 Å². The lowest BCUT2D eigenvalue weighted by atomic mass is 10.2. The number of carbonyl (C=O) groups is 1. The van der Waals surface area contributed by atoms with Crippen LogP contribution in [0.3, 0.4) is 0 Å². The number of para-hydroxylation sites is 1. The summed E-state index contributed by atoms with van der Waals surface area (Å²) in [6, 6.07) is 17.5. The number of ether oxygens (including phenoxy) is 1. The van der Waals surface area contributed by atoms with Crippen molar-refractivity contribution in [1.82, 2.24) is 14.8 Å². The third-order valence-electron chi connectivity index (χ3n) is 3.61. The van der Waals surface area contributed by atoms with Gasteiger partial charge in [0.1, 0.15) is 12.4 Å². The van der Waals surface area contributed by atoms with Crippen molar-refractivity contribution in [3.05, 3.63) is 66.0 Å². The van der Waals surface area contributed by atoms with E-state index in [-0.39, 0.29) is 13.0 Å². The average molecular weight is 368 g/mol. The summed E-state index contributed by atoms with van der Waals surface area (Å²) in [4.78, 5) is 10.6. The number of hydrogen-bond donors (Lipinski definition) is 0. The molecule has 0 unspecified atom stereocenters. The molecule has 0 aliphatic carbocycles. The highest BCUT2D eigenvalue weighted by atomic mass is 32.2. The summed E-state index contributed by atoms with van der Waals surface area (Å²) < 4.78 is 7.74. The normalized spacial score (nSPS) is 10.7. The maximum atomic E-state index is 10.6. The van der Waals surface area contributed by atoms with Crippen LogP contribution in [0, 0.1) is 6.92 Å². The Hall–Kier alpha value is -2.80. The molecule has 7 heteroatoms. The number of carbonyl (C=O) groups excluding carboxylic acids is 1. The standard InChI is InChI=1S/C19H19N3O3S/c1-14-6-5-9-16(12-14)25-13-17-20-21-19(26-11-10-18(23)24)22(17)15-7-3-2-4-8-15/h2-9,12H,10-11,13H2,1H3,(H,23,24)/p-1. The molecule has 0 aliphatic heterocycles. The Morgan fingerprint density at radius 3 is 2.69 bits per heavy atom. The molecule has 3 rings (SSSR count). The Balaban J connectivity index is 1.82. The first kappa shape index (κ1) is 18.0. The van der Waals surface area contributed by atoms with Crippen LogP contribution in [-0.4, -0.2) is 26.5 Å². The van der Waals surface area contributed by atoms with E-state index >= 15 is 0 Å². The van der Waals surface area contributed by atoms with Crippen LogP contribution in [0.1, 0.15) is 17.8 Å². The van der Waals surface area contributed by atoms with E-state index in [4.69, 9.17) is 4.74 Å². The second-order valence-corrected chi connectivity index (χ2v) is 6.71. The molecule has 0 saturated heterocycles. The third kappa shape index (κ3) is 4.64. The molecule has 2 aromatic carbocycles. The van der Waals surface area contributed by atoms with Gasteiger partial charge in [-0.1, -0.05) is 42.1 Å². The quantitative estimate of drug-likeness (QED) is 0.568. The van der Waals surface area contributed by atoms with E-state index in [2.05, 4.69) is 10.2 Å². The Bertz CT molecular complexity index is 881. The molecule has 0 radical (unpaired) electrons. The summed E-state index contributed by atoms with van der Waals surface area (Å²) in [5.41, 5.74) is 2.02. The Morgan fingerprint density at radius 1 is 1.15 bits per heavy atom. The molecular weight excluding hydrogens is 350 g/mol. The van der Waals surface area contributed by atoms with Crippen molar-refractivity contribution in [2.24, 2.45) is 0 Å². The van der Waals surface area contributed by atoms with E-state index in [1.165, 1.54) is 11.8 Å². The fraction of sp³-hybridized carbons (Fsp3) is 0.211. The van der Waals surface area contributed by atoms with Crippen molar-refractivity contribution in [3.8, 4) is 11.4 Å². The predicted molar refractivity (Wildman–Crippen MR) is 97.2 cm³/mol. The van der Waals surface area contributed by atoms with E-state index < -0.39 is 5.97 Å². The van der Waals surface area contributed by atoms with E-state index in [1.807, 2.05) is 66.1 Å². The van der Waals surface area contributed by atoms with Gasteiger partial charge in [-0.15, -0.1) is 10.2 Å². The fourth-order valence-electron chi connectivity index (χ4n) is 2.40. The monoisotopic (exact) mass is 368 g/mol. The minimum atomic E-state index is -1.08. The molecular formula is C19H18N3O3S-. The molecule has 0 atom stereocenters. The minimum absolute atomic E-state index is 0.0402. The molecule has 0 bridgehead atoms. The van der Waals surface area contributed by atoms with Crippen LogP contribution >= 0.6 is 11.8 Å². The number of benzene rings is 2.